The SMILES string of the molecule is C=C(CSc1ccc(OC(C)(C)C(=O)O)cc1)SC(=NCCN1CCN(c2ccc(OC)cc2)CC1)c1ccc(C(F)(F)F)cc1. The largest absolute Gasteiger partial charge is 0.497 e. The normalized spacial score (nSPS) is 14.7. The summed E-state index contributed by atoms with van der Waals surface area (Å²) in [6, 6.07) is 20.2. The fourth-order valence-corrected chi connectivity index (χ4v) is 6.32. The Morgan fingerprint density at radius 3 is 2.11 bits per heavy atom. The Hall–Kier alpha value is -3.61. The average molecular weight is 674 g/mol. The highest BCUT2D eigenvalue weighted by molar-refractivity contribution is 8.18. The zero-order valence-electron chi connectivity index (χ0n) is 26.0. The number of anilines is 1. The number of hydrogen-bond acceptors (Lipinski definition) is 8. The van der Waals surface area contributed by atoms with Gasteiger partial charge in [-0.05, 0) is 79.4 Å². The van der Waals surface area contributed by atoms with E-state index in [1.165, 1.54) is 49.5 Å². The molecule has 1 fully saturated rings. The Morgan fingerprint density at radius 1 is 0.935 bits per heavy atom. The summed E-state index contributed by atoms with van der Waals surface area (Å²) in [6.07, 6.45) is -4.42. The molecule has 7 nitrogen and oxygen atoms in total. The lowest BCUT2D eigenvalue weighted by atomic mass is 10.1. The minimum atomic E-state index is -4.42. The van der Waals surface area contributed by atoms with Gasteiger partial charge in [0.2, 0.25) is 0 Å². The van der Waals surface area contributed by atoms with Crippen molar-refractivity contribution in [3.05, 3.63) is 95.4 Å². The molecule has 0 spiro atoms. The number of carboxylic acid groups (broad SMARTS) is 1. The highest BCUT2D eigenvalue weighted by Crippen LogP contribution is 2.32. The first-order valence-electron chi connectivity index (χ1n) is 14.7. The van der Waals surface area contributed by atoms with Crippen molar-refractivity contribution in [2.75, 3.05) is 57.0 Å². The van der Waals surface area contributed by atoms with Crippen LogP contribution in [0.5, 0.6) is 11.5 Å². The molecule has 1 saturated heterocycles. The first-order chi connectivity index (χ1) is 21.8. The van der Waals surface area contributed by atoms with Crippen LogP contribution in [0.15, 0.2) is 94.2 Å². The molecule has 1 heterocycles. The molecule has 12 heteroatoms. The van der Waals surface area contributed by atoms with Crippen LogP contribution in [-0.4, -0.2) is 78.8 Å². The van der Waals surface area contributed by atoms with Crippen molar-refractivity contribution < 1.29 is 32.5 Å². The van der Waals surface area contributed by atoms with Gasteiger partial charge in [-0.1, -0.05) is 30.5 Å². The van der Waals surface area contributed by atoms with Crippen LogP contribution in [0.3, 0.4) is 0 Å². The molecule has 0 saturated carbocycles. The predicted octanol–water partition coefficient (Wildman–Crippen LogP) is 7.56. The summed E-state index contributed by atoms with van der Waals surface area (Å²) in [4.78, 5) is 22.6. The molecule has 46 heavy (non-hydrogen) atoms. The molecule has 0 aromatic heterocycles. The molecule has 0 aliphatic carbocycles. The molecular weight excluding hydrogens is 636 g/mol. The zero-order chi connectivity index (χ0) is 33.3. The summed E-state index contributed by atoms with van der Waals surface area (Å²) in [5.41, 5.74) is -0.290. The highest BCUT2D eigenvalue weighted by atomic mass is 32.2. The van der Waals surface area contributed by atoms with E-state index in [-0.39, 0.29) is 0 Å². The second kappa shape index (κ2) is 15.8. The van der Waals surface area contributed by atoms with Crippen LogP contribution in [0.25, 0.3) is 0 Å². The lowest BCUT2D eigenvalue weighted by Crippen LogP contribution is -2.47. The predicted molar refractivity (Wildman–Crippen MR) is 181 cm³/mol. The van der Waals surface area contributed by atoms with Crippen molar-refractivity contribution in [1.29, 1.82) is 0 Å². The molecule has 0 amide bonds. The van der Waals surface area contributed by atoms with Gasteiger partial charge >= 0.3 is 12.1 Å². The lowest BCUT2D eigenvalue weighted by Gasteiger charge is -2.36. The van der Waals surface area contributed by atoms with Crippen molar-refractivity contribution in [3.63, 3.8) is 0 Å². The van der Waals surface area contributed by atoms with Crippen molar-refractivity contribution in [2.45, 2.75) is 30.5 Å². The van der Waals surface area contributed by atoms with E-state index < -0.39 is 23.3 Å². The molecule has 0 atom stereocenters. The number of aliphatic carboxylic acids is 1. The summed E-state index contributed by atoms with van der Waals surface area (Å²) >= 11 is 2.89. The number of hydrogen-bond donors (Lipinski definition) is 1. The Labute approximate surface area is 276 Å². The molecule has 0 unspecified atom stereocenters. The summed E-state index contributed by atoms with van der Waals surface area (Å²) in [5, 5.41) is 9.90. The minimum Gasteiger partial charge on any atom is -0.497 e. The van der Waals surface area contributed by atoms with Gasteiger partial charge in [0.05, 0.1) is 19.2 Å². The van der Waals surface area contributed by atoms with E-state index in [4.69, 9.17) is 14.5 Å². The van der Waals surface area contributed by atoms with Gasteiger partial charge < -0.3 is 19.5 Å². The second-order valence-corrected chi connectivity index (χ2v) is 13.3. The van der Waals surface area contributed by atoms with Crippen LogP contribution in [0, 0.1) is 0 Å². The number of thioether (sulfide) groups is 2. The molecule has 246 valence electrons. The number of rotatable bonds is 13. The number of carbonyl (C=O) groups is 1. The number of nitrogens with zero attached hydrogens (tertiary/aromatic N) is 3. The van der Waals surface area contributed by atoms with Gasteiger partial charge in [0.25, 0.3) is 0 Å². The van der Waals surface area contributed by atoms with Crippen molar-refractivity contribution in [3.8, 4) is 11.5 Å². The maximum Gasteiger partial charge on any atom is 0.416 e. The Balaban J connectivity index is 1.35. The third-order valence-electron chi connectivity index (χ3n) is 7.29. The zero-order valence-corrected chi connectivity index (χ0v) is 27.7. The van der Waals surface area contributed by atoms with E-state index >= 15 is 0 Å². The van der Waals surface area contributed by atoms with Gasteiger partial charge in [-0.3, -0.25) is 9.89 Å². The number of aliphatic imine (C=N–C) groups is 1. The van der Waals surface area contributed by atoms with Crippen LogP contribution in [0.4, 0.5) is 18.9 Å². The van der Waals surface area contributed by atoms with Gasteiger partial charge in [-0.2, -0.15) is 13.2 Å². The van der Waals surface area contributed by atoms with E-state index in [0.29, 0.717) is 28.7 Å². The van der Waals surface area contributed by atoms with E-state index in [1.807, 2.05) is 24.3 Å². The standard InChI is InChI=1S/C34H38F3N3O4S2/c1-24(23-45-30-15-13-29(14-16-30)44-33(2,3)32(41)42)46-31(25-5-7-26(8-6-25)34(35,36)37)38-17-18-39-19-21-40(22-20-39)27-9-11-28(43-4)12-10-27/h5-16H,1,17-23H2,2-4H3,(H,41,42). The Bertz CT molecular complexity index is 1490. The van der Waals surface area contributed by atoms with E-state index in [0.717, 1.165) is 66.1 Å². The number of methoxy groups -OCH3 is 1. The smallest absolute Gasteiger partial charge is 0.416 e. The molecule has 1 N–H and O–H groups in total. The molecule has 4 rings (SSSR count). The minimum absolute atomic E-state index is 0.448. The maximum atomic E-state index is 13.2. The van der Waals surface area contributed by atoms with Gasteiger partial charge in [0, 0.05) is 54.6 Å². The van der Waals surface area contributed by atoms with Crippen molar-refractivity contribution in [1.82, 2.24) is 4.90 Å². The van der Waals surface area contributed by atoms with E-state index in [9.17, 15) is 23.1 Å². The van der Waals surface area contributed by atoms with Crippen LogP contribution < -0.4 is 14.4 Å². The molecule has 1 aliphatic rings. The molecule has 3 aromatic carbocycles. The quantitative estimate of drug-likeness (QED) is 0.113. The molecular formula is C34H38F3N3O4S2. The molecule has 1 aliphatic heterocycles. The van der Waals surface area contributed by atoms with Crippen molar-refractivity contribution in [2.24, 2.45) is 4.99 Å². The molecule has 3 aromatic rings. The second-order valence-electron chi connectivity index (χ2n) is 11.1. The average Bonchev–Trinajstić information content (AvgIpc) is 3.04. The first-order valence-corrected chi connectivity index (χ1v) is 16.5. The van der Waals surface area contributed by atoms with Crippen LogP contribution in [0.2, 0.25) is 0 Å². The Morgan fingerprint density at radius 2 is 1.54 bits per heavy atom. The molecule has 0 bridgehead atoms. The van der Waals surface area contributed by atoms with E-state index in [2.05, 4.69) is 28.5 Å². The topological polar surface area (TPSA) is 74.6 Å². The van der Waals surface area contributed by atoms with Crippen LogP contribution in [0.1, 0.15) is 25.0 Å². The highest BCUT2D eigenvalue weighted by Gasteiger charge is 2.30. The van der Waals surface area contributed by atoms with Gasteiger partial charge in [-0.15, -0.1) is 11.8 Å². The number of ether oxygens (including phenoxy) is 2. The summed E-state index contributed by atoms with van der Waals surface area (Å²) in [7, 11) is 1.65. The maximum absolute atomic E-state index is 13.2. The van der Waals surface area contributed by atoms with Crippen LogP contribution >= 0.6 is 23.5 Å². The van der Waals surface area contributed by atoms with Gasteiger partial charge in [0.15, 0.2) is 5.60 Å². The van der Waals surface area contributed by atoms with Crippen LogP contribution in [-0.2, 0) is 11.0 Å². The number of benzene rings is 3. The van der Waals surface area contributed by atoms with Gasteiger partial charge in [0.1, 0.15) is 16.5 Å². The number of halogens is 3. The number of piperazine rings is 1. The number of carboxylic acids is 1. The van der Waals surface area contributed by atoms with Crippen molar-refractivity contribution >= 4 is 40.2 Å². The third-order valence-corrected chi connectivity index (χ3v) is 9.57. The summed E-state index contributed by atoms with van der Waals surface area (Å²) < 4.78 is 50.5. The van der Waals surface area contributed by atoms with Gasteiger partial charge in [-0.25, -0.2) is 4.79 Å². The first kappa shape index (κ1) is 35.2. The fraction of sp³-hybridized carbons (Fsp3) is 0.353. The monoisotopic (exact) mass is 673 g/mol. The molecule has 0 radical (unpaired) electrons. The number of alkyl halides is 3. The lowest BCUT2D eigenvalue weighted by molar-refractivity contribution is -0.152. The summed E-state index contributed by atoms with van der Waals surface area (Å²) in [6.45, 7) is 11.9. The Kier molecular flexibility index (Phi) is 12.1. The fourth-order valence-electron chi connectivity index (χ4n) is 4.57. The van der Waals surface area contributed by atoms with E-state index in [1.54, 1.807) is 19.2 Å². The summed E-state index contributed by atoms with van der Waals surface area (Å²) in [5.74, 6) is 0.755. The third kappa shape index (κ3) is 10.2.